The molecule has 1 N–H and O–H groups in total. The van der Waals surface area contributed by atoms with Gasteiger partial charge in [-0.15, -0.1) is 0 Å². The summed E-state index contributed by atoms with van der Waals surface area (Å²) >= 11 is 0. The molecule has 0 saturated carbocycles. The number of carbonyl (C=O) groups is 1. The molecule has 0 saturated heterocycles. The molecular formula is C21H29N7O. The largest absolute Gasteiger partial charge is 0.305 e. The molecule has 0 aromatic carbocycles. The molecule has 3 aromatic rings. The number of carbonyl (C=O) groups excluding carboxylic acids is 1. The van der Waals surface area contributed by atoms with E-state index in [4.69, 9.17) is 0 Å². The van der Waals surface area contributed by atoms with Gasteiger partial charge in [0, 0.05) is 23.1 Å². The van der Waals surface area contributed by atoms with Crippen LogP contribution in [0.4, 0.5) is 5.82 Å². The van der Waals surface area contributed by atoms with Gasteiger partial charge in [-0.3, -0.25) is 9.48 Å². The van der Waals surface area contributed by atoms with Crippen LogP contribution >= 0.6 is 0 Å². The van der Waals surface area contributed by atoms with Gasteiger partial charge in [0.15, 0.2) is 5.69 Å². The molecule has 0 bridgehead atoms. The number of anilines is 1. The van der Waals surface area contributed by atoms with Crippen LogP contribution in [0.3, 0.4) is 0 Å². The van der Waals surface area contributed by atoms with Crippen LogP contribution in [-0.4, -0.2) is 35.4 Å². The van der Waals surface area contributed by atoms with Gasteiger partial charge < -0.3 is 5.32 Å². The summed E-state index contributed by atoms with van der Waals surface area (Å²) in [5.41, 5.74) is 3.60. The van der Waals surface area contributed by atoms with Crippen molar-refractivity contribution >= 4 is 11.7 Å². The second-order valence-electron chi connectivity index (χ2n) is 8.68. The van der Waals surface area contributed by atoms with Gasteiger partial charge in [0.1, 0.15) is 5.82 Å². The van der Waals surface area contributed by atoms with Crippen LogP contribution < -0.4 is 5.32 Å². The standard InChI is InChI=1S/C21H29N7O/c1-12(2)17-11-16(26-28(17)21(6,7)8)19(29)24-18-10-15(5)25-27(18)20-22-13(3)9-14(4)23-20/h9-12H,1-8H3,(H,24,29). The van der Waals surface area contributed by atoms with Crippen molar-refractivity contribution in [2.45, 2.75) is 66.8 Å². The van der Waals surface area contributed by atoms with Gasteiger partial charge in [-0.05, 0) is 59.6 Å². The lowest BCUT2D eigenvalue weighted by atomic mass is 10.1. The van der Waals surface area contributed by atoms with E-state index < -0.39 is 0 Å². The smallest absolute Gasteiger partial charge is 0.277 e. The van der Waals surface area contributed by atoms with Crippen molar-refractivity contribution in [2.24, 2.45) is 0 Å². The van der Waals surface area contributed by atoms with E-state index in [0.29, 0.717) is 17.5 Å². The molecule has 0 aliphatic heterocycles. The zero-order valence-corrected chi connectivity index (χ0v) is 18.4. The van der Waals surface area contributed by atoms with E-state index in [1.165, 1.54) is 0 Å². The summed E-state index contributed by atoms with van der Waals surface area (Å²) in [7, 11) is 0. The Kier molecular flexibility index (Phi) is 5.30. The van der Waals surface area contributed by atoms with Crippen molar-refractivity contribution < 1.29 is 4.79 Å². The first-order chi connectivity index (χ1) is 13.5. The van der Waals surface area contributed by atoms with Gasteiger partial charge >= 0.3 is 0 Å². The maximum Gasteiger partial charge on any atom is 0.277 e. The van der Waals surface area contributed by atoms with E-state index in [0.717, 1.165) is 22.8 Å². The summed E-state index contributed by atoms with van der Waals surface area (Å²) in [5.74, 6) is 0.892. The lowest BCUT2D eigenvalue weighted by Gasteiger charge is -2.23. The predicted octanol–water partition coefficient (Wildman–Crippen LogP) is 3.91. The van der Waals surface area contributed by atoms with Gasteiger partial charge in [-0.25, -0.2) is 9.97 Å². The third-order valence-electron chi connectivity index (χ3n) is 4.43. The van der Waals surface area contributed by atoms with Crippen molar-refractivity contribution in [3.8, 4) is 5.95 Å². The SMILES string of the molecule is Cc1cc(C)nc(-n2nc(C)cc2NC(=O)c2cc(C(C)C)n(C(C)(C)C)n2)n1. The Balaban J connectivity index is 1.97. The number of hydrogen-bond donors (Lipinski definition) is 1. The van der Waals surface area contributed by atoms with E-state index >= 15 is 0 Å². The fraction of sp³-hybridized carbons (Fsp3) is 0.476. The Morgan fingerprint density at radius 3 is 2.10 bits per heavy atom. The van der Waals surface area contributed by atoms with E-state index in [-0.39, 0.29) is 17.4 Å². The van der Waals surface area contributed by atoms with Gasteiger partial charge in [-0.1, -0.05) is 13.8 Å². The number of amides is 1. The molecule has 29 heavy (non-hydrogen) atoms. The molecule has 0 aliphatic rings. The van der Waals surface area contributed by atoms with Crippen molar-refractivity contribution in [3.63, 3.8) is 0 Å². The summed E-state index contributed by atoms with van der Waals surface area (Å²) < 4.78 is 3.47. The molecule has 3 rings (SSSR count). The lowest BCUT2D eigenvalue weighted by Crippen LogP contribution is -2.26. The molecule has 0 radical (unpaired) electrons. The second-order valence-corrected chi connectivity index (χ2v) is 8.68. The Hall–Kier alpha value is -3.03. The van der Waals surface area contributed by atoms with Crippen LogP contribution in [0.2, 0.25) is 0 Å². The molecule has 3 aromatic heterocycles. The van der Waals surface area contributed by atoms with Crippen LogP contribution in [0.1, 0.15) is 73.8 Å². The highest BCUT2D eigenvalue weighted by atomic mass is 16.2. The van der Waals surface area contributed by atoms with E-state index in [2.05, 4.69) is 60.1 Å². The highest BCUT2D eigenvalue weighted by molar-refractivity contribution is 6.02. The normalized spacial score (nSPS) is 11.9. The number of nitrogens with zero attached hydrogens (tertiary/aromatic N) is 6. The highest BCUT2D eigenvalue weighted by Gasteiger charge is 2.24. The summed E-state index contributed by atoms with van der Waals surface area (Å²) in [6.45, 7) is 16.1. The molecule has 0 fully saturated rings. The monoisotopic (exact) mass is 395 g/mol. The fourth-order valence-corrected chi connectivity index (χ4v) is 3.18. The third-order valence-corrected chi connectivity index (χ3v) is 4.43. The maximum absolute atomic E-state index is 13.0. The maximum atomic E-state index is 13.0. The quantitative estimate of drug-likeness (QED) is 0.723. The summed E-state index contributed by atoms with van der Waals surface area (Å²) in [6, 6.07) is 5.54. The van der Waals surface area contributed by atoms with Crippen molar-refractivity contribution in [1.82, 2.24) is 29.5 Å². The molecule has 0 unspecified atom stereocenters. The number of nitrogens with one attached hydrogen (secondary N) is 1. The summed E-state index contributed by atoms with van der Waals surface area (Å²) in [6.07, 6.45) is 0. The Labute approximate surface area is 171 Å². The third kappa shape index (κ3) is 4.36. The highest BCUT2D eigenvalue weighted by Crippen LogP contribution is 2.24. The lowest BCUT2D eigenvalue weighted by molar-refractivity contribution is 0.102. The average molecular weight is 396 g/mol. The fourth-order valence-electron chi connectivity index (χ4n) is 3.18. The topological polar surface area (TPSA) is 90.5 Å². The second kappa shape index (κ2) is 7.42. The number of rotatable bonds is 4. The first-order valence-electron chi connectivity index (χ1n) is 9.77. The zero-order chi connectivity index (χ0) is 21.5. The van der Waals surface area contributed by atoms with E-state index in [9.17, 15) is 4.79 Å². The average Bonchev–Trinajstić information content (AvgIpc) is 3.17. The first-order valence-corrected chi connectivity index (χ1v) is 9.77. The van der Waals surface area contributed by atoms with Gasteiger partial charge in [-0.2, -0.15) is 14.9 Å². The molecule has 3 heterocycles. The van der Waals surface area contributed by atoms with Crippen LogP contribution in [0.25, 0.3) is 5.95 Å². The molecule has 154 valence electrons. The molecule has 8 heteroatoms. The molecule has 8 nitrogen and oxygen atoms in total. The number of aromatic nitrogens is 6. The number of hydrogen-bond acceptors (Lipinski definition) is 5. The minimum atomic E-state index is -0.291. The molecule has 1 amide bonds. The van der Waals surface area contributed by atoms with Crippen molar-refractivity contribution in [1.29, 1.82) is 0 Å². The molecule has 0 spiro atoms. The first kappa shape index (κ1) is 20.7. The molecule has 0 aliphatic carbocycles. The van der Waals surface area contributed by atoms with E-state index in [1.54, 1.807) is 10.7 Å². The van der Waals surface area contributed by atoms with Gasteiger partial charge in [0.25, 0.3) is 11.9 Å². The molecular weight excluding hydrogens is 366 g/mol. The summed E-state index contributed by atoms with van der Waals surface area (Å²) in [4.78, 5) is 21.9. The minimum Gasteiger partial charge on any atom is -0.305 e. The van der Waals surface area contributed by atoms with Crippen molar-refractivity contribution in [2.75, 3.05) is 5.32 Å². The van der Waals surface area contributed by atoms with Crippen molar-refractivity contribution in [3.05, 3.63) is 46.7 Å². The summed E-state index contributed by atoms with van der Waals surface area (Å²) in [5, 5.41) is 12.0. The van der Waals surface area contributed by atoms with Crippen LogP contribution in [-0.2, 0) is 5.54 Å². The van der Waals surface area contributed by atoms with Crippen LogP contribution in [0.5, 0.6) is 0 Å². The van der Waals surface area contributed by atoms with Crippen LogP contribution in [0, 0.1) is 20.8 Å². The van der Waals surface area contributed by atoms with Gasteiger partial charge in [0.2, 0.25) is 0 Å². The predicted molar refractivity (Wildman–Crippen MR) is 113 cm³/mol. The zero-order valence-electron chi connectivity index (χ0n) is 18.4. The van der Waals surface area contributed by atoms with Gasteiger partial charge in [0.05, 0.1) is 11.2 Å². The Bertz CT molecular complexity index is 1030. The Morgan fingerprint density at radius 1 is 0.966 bits per heavy atom. The minimum absolute atomic E-state index is 0.219. The Morgan fingerprint density at radius 2 is 1.59 bits per heavy atom. The molecule has 0 atom stereocenters. The van der Waals surface area contributed by atoms with E-state index in [1.807, 2.05) is 37.6 Å². The van der Waals surface area contributed by atoms with Crippen LogP contribution in [0.15, 0.2) is 18.2 Å². The number of aryl methyl sites for hydroxylation is 3.